The predicted molar refractivity (Wildman–Crippen MR) is 113 cm³/mol. The fourth-order valence-electron chi connectivity index (χ4n) is 4.33. The van der Waals surface area contributed by atoms with E-state index in [0.29, 0.717) is 0 Å². The highest BCUT2D eigenvalue weighted by atomic mass is 16.2. The third kappa shape index (κ3) is 4.33. The van der Waals surface area contributed by atoms with Crippen LogP contribution in [0.15, 0.2) is 36.4 Å². The quantitative estimate of drug-likeness (QED) is 0.750. The molecule has 0 N–H and O–H groups in total. The van der Waals surface area contributed by atoms with Gasteiger partial charge >= 0.3 is 0 Å². The summed E-state index contributed by atoms with van der Waals surface area (Å²) in [5, 5.41) is 0. The zero-order chi connectivity index (χ0) is 20.3. The van der Waals surface area contributed by atoms with Crippen LogP contribution in [0.3, 0.4) is 0 Å². The Morgan fingerprint density at radius 2 is 1.64 bits per heavy atom. The van der Waals surface area contributed by atoms with Crippen molar-refractivity contribution in [2.24, 2.45) is 0 Å². The normalized spacial score (nSPS) is 15.4. The number of nitrogens with zero attached hydrogens (tertiary/aromatic N) is 2. The largest absolute Gasteiger partial charge is 0.337 e. The van der Waals surface area contributed by atoms with Crippen molar-refractivity contribution in [2.45, 2.75) is 40.7 Å². The summed E-state index contributed by atoms with van der Waals surface area (Å²) in [4.78, 5) is 29.2. The van der Waals surface area contributed by atoms with E-state index < -0.39 is 0 Å². The van der Waals surface area contributed by atoms with Crippen LogP contribution in [0.4, 0.5) is 0 Å². The van der Waals surface area contributed by atoms with Crippen LogP contribution >= 0.6 is 0 Å². The van der Waals surface area contributed by atoms with Gasteiger partial charge in [-0.1, -0.05) is 24.3 Å². The van der Waals surface area contributed by atoms with Crippen molar-refractivity contribution < 1.29 is 9.59 Å². The van der Waals surface area contributed by atoms with Gasteiger partial charge in [0.15, 0.2) is 5.78 Å². The molecule has 0 bridgehead atoms. The zero-order valence-corrected chi connectivity index (χ0v) is 17.4. The molecule has 0 radical (unpaired) electrons. The number of carbonyl (C=O) groups is 2. The number of amides is 1. The van der Waals surface area contributed by atoms with Gasteiger partial charge in [0, 0.05) is 43.9 Å². The number of Topliss-reactive ketones (excluding diaryl/α,β-unsaturated/α-hetero) is 1. The summed E-state index contributed by atoms with van der Waals surface area (Å²) < 4.78 is 0. The van der Waals surface area contributed by atoms with Crippen molar-refractivity contribution >= 4 is 11.7 Å². The molecule has 0 aromatic heterocycles. The van der Waals surface area contributed by atoms with Crippen molar-refractivity contribution in [3.8, 4) is 0 Å². The van der Waals surface area contributed by atoms with Gasteiger partial charge in [-0.25, -0.2) is 0 Å². The second kappa shape index (κ2) is 8.70. The lowest BCUT2D eigenvalue weighted by Crippen LogP contribution is -2.35. The Bertz CT molecular complexity index is 874. The summed E-state index contributed by atoms with van der Waals surface area (Å²) >= 11 is 0. The molecule has 1 fully saturated rings. The predicted octanol–water partition coefficient (Wildman–Crippen LogP) is 4.16. The van der Waals surface area contributed by atoms with Gasteiger partial charge in [0.05, 0.1) is 0 Å². The van der Waals surface area contributed by atoms with E-state index in [1.165, 1.54) is 11.1 Å². The van der Waals surface area contributed by atoms with E-state index in [-0.39, 0.29) is 11.7 Å². The maximum atomic E-state index is 12.8. The molecule has 0 unspecified atom stereocenters. The SMILES string of the molecule is CC(=O)c1c(C)cc(C)c(CN2CCCN(C(=O)c3ccccc3)CC2)c1C. The Kier molecular flexibility index (Phi) is 6.30. The third-order valence-electron chi connectivity index (χ3n) is 5.76. The standard InChI is InChI=1S/C24H30N2O2/c1-17-15-18(2)23(20(4)27)19(3)22(17)16-25-11-8-12-26(14-13-25)24(28)21-9-6-5-7-10-21/h5-7,9-10,15H,8,11-14,16H2,1-4H3. The molecule has 1 heterocycles. The van der Waals surface area contributed by atoms with Crippen molar-refractivity contribution in [3.63, 3.8) is 0 Å². The first-order valence-electron chi connectivity index (χ1n) is 10.1. The molecule has 1 aliphatic rings. The summed E-state index contributed by atoms with van der Waals surface area (Å²) in [6.07, 6.45) is 0.960. The van der Waals surface area contributed by atoms with Crippen molar-refractivity contribution in [2.75, 3.05) is 26.2 Å². The van der Waals surface area contributed by atoms with Crippen molar-refractivity contribution in [3.05, 3.63) is 69.8 Å². The topological polar surface area (TPSA) is 40.6 Å². The van der Waals surface area contributed by atoms with Gasteiger partial charge in [0.2, 0.25) is 0 Å². The van der Waals surface area contributed by atoms with Crippen LogP contribution in [-0.4, -0.2) is 47.7 Å². The molecule has 1 saturated heterocycles. The Labute approximate surface area is 168 Å². The molecule has 0 atom stereocenters. The van der Waals surface area contributed by atoms with Crippen LogP contribution in [0.2, 0.25) is 0 Å². The highest BCUT2D eigenvalue weighted by Crippen LogP contribution is 2.25. The van der Waals surface area contributed by atoms with Gasteiger partial charge < -0.3 is 4.90 Å². The summed E-state index contributed by atoms with van der Waals surface area (Å²) in [6.45, 7) is 12.0. The van der Waals surface area contributed by atoms with E-state index in [4.69, 9.17) is 0 Å². The van der Waals surface area contributed by atoms with Gasteiger partial charge in [0.25, 0.3) is 5.91 Å². The van der Waals surface area contributed by atoms with Crippen LogP contribution in [0.1, 0.15) is 56.3 Å². The minimum atomic E-state index is 0.115. The lowest BCUT2D eigenvalue weighted by Gasteiger charge is -2.24. The maximum Gasteiger partial charge on any atom is 0.253 e. The number of aryl methyl sites for hydroxylation is 2. The van der Waals surface area contributed by atoms with Gasteiger partial charge in [-0.05, 0) is 68.5 Å². The van der Waals surface area contributed by atoms with E-state index >= 15 is 0 Å². The Morgan fingerprint density at radius 3 is 2.32 bits per heavy atom. The van der Waals surface area contributed by atoms with E-state index in [1.54, 1.807) is 6.92 Å². The molecule has 0 spiro atoms. The van der Waals surface area contributed by atoms with Crippen LogP contribution in [-0.2, 0) is 6.54 Å². The number of hydrogen-bond donors (Lipinski definition) is 0. The third-order valence-corrected chi connectivity index (χ3v) is 5.76. The highest BCUT2D eigenvalue weighted by molar-refractivity contribution is 5.97. The van der Waals surface area contributed by atoms with Crippen LogP contribution in [0, 0.1) is 20.8 Å². The van der Waals surface area contributed by atoms with Crippen LogP contribution in [0.5, 0.6) is 0 Å². The number of rotatable bonds is 4. The summed E-state index contributed by atoms with van der Waals surface area (Å²) in [5.74, 6) is 0.246. The van der Waals surface area contributed by atoms with E-state index in [1.807, 2.05) is 42.2 Å². The zero-order valence-electron chi connectivity index (χ0n) is 17.4. The number of benzene rings is 2. The first kappa shape index (κ1) is 20.3. The molecule has 3 rings (SSSR count). The summed E-state index contributed by atoms with van der Waals surface area (Å²) in [5.41, 5.74) is 6.26. The highest BCUT2D eigenvalue weighted by Gasteiger charge is 2.22. The first-order chi connectivity index (χ1) is 13.4. The fourth-order valence-corrected chi connectivity index (χ4v) is 4.33. The van der Waals surface area contributed by atoms with E-state index in [0.717, 1.165) is 61.4 Å². The Balaban J connectivity index is 1.73. The average molecular weight is 379 g/mol. The van der Waals surface area contributed by atoms with E-state index in [2.05, 4.69) is 24.8 Å². The molecular formula is C24H30N2O2. The molecule has 1 amide bonds. The summed E-state index contributed by atoms with van der Waals surface area (Å²) in [7, 11) is 0. The van der Waals surface area contributed by atoms with Crippen molar-refractivity contribution in [1.82, 2.24) is 9.80 Å². The fraction of sp³-hybridized carbons (Fsp3) is 0.417. The molecule has 0 saturated carbocycles. The molecule has 4 nitrogen and oxygen atoms in total. The van der Waals surface area contributed by atoms with Gasteiger partial charge in [0.1, 0.15) is 0 Å². The van der Waals surface area contributed by atoms with Crippen LogP contribution in [0.25, 0.3) is 0 Å². The molecular weight excluding hydrogens is 348 g/mol. The molecule has 4 heteroatoms. The molecule has 0 aliphatic carbocycles. The minimum absolute atomic E-state index is 0.115. The van der Waals surface area contributed by atoms with Gasteiger partial charge in [-0.3, -0.25) is 14.5 Å². The molecule has 2 aromatic rings. The smallest absolute Gasteiger partial charge is 0.253 e. The molecule has 1 aliphatic heterocycles. The number of ketones is 1. The van der Waals surface area contributed by atoms with Crippen LogP contribution < -0.4 is 0 Å². The second-order valence-electron chi connectivity index (χ2n) is 7.83. The molecule has 2 aromatic carbocycles. The maximum absolute atomic E-state index is 12.8. The Morgan fingerprint density at radius 1 is 0.929 bits per heavy atom. The van der Waals surface area contributed by atoms with Gasteiger partial charge in [-0.2, -0.15) is 0 Å². The van der Waals surface area contributed by atoms with Gasteiger partial charge in [-0.15, -0.1) is 0 Å². The minimum Gasteiger partial charge on any atom is -0.337 e. The average Bonchev–Trinajstić information content (AvgIpc) is 2.90. The molecule has 28 heavy (non-hydrogen) atoms. The second-order valence-corrected chi connectivity index (χ2v) is 7.83. The monoisotopic (exact) mass is 378 g/mol. The number of hydrogen-bond acceptors (Lipinski definition) is 3. The van der Waals surface area contributed by atoms with E-state index in [9.17, 15) is 9.59 Å². The lowest BCUT2D eigenvalue weighted by molar-refractivity contribution is 0.0760. The lowest BCUT2D eigenvalue weighted by atomic mass is 9.91. The number of carbonyl (C=O) groups excluding carboxylic acids is 2. The molecule has 148 valence electrons. The van der Waals surface area contributed by atoms with Crippen molar-refractivity contribution in [1.29, 1.82) is 0 Å². The first-order valence-corrected chi connectivity index (χ1v) is 10.1. The Hall–Kier alpha value is -2.46. The summed E-state index contributed by atoms with van der Waals surface area (Å²) in [6, 6.07) is 11.6.